The Hall–Kier alpha value is -1.35. The van der Waals surface area contributed by atoms with Crippen LogP contribution in [0.25, 0.3) is 0 Å². The third kappa shape index (κ3) is 2.66. The zero-order valence-corrected chi connectivity index (χ0v) is 11.3. The quantitative estimate of drug-likeness (QED) is 0.887. The van der Waals surface area contributed by atoms with Gasteiger partial charge in [0.15, 0.2) is 0 Å². The van der Waals surface area contributed by atoms with Gasteiger partial charge in [-0.05, 0) is 24.8 Å². The number of nitrogens with one attached hydrogen (secondary N) is 1. The van der Waals surface area contributed by atoms with Crippen molar-refractivity contribution in [2.24, 2.45) is 5.92 Å². The van der Waals surface area contributed by atoms with Gasteiger partial charge in [0.05, 0.1) is 12.2 Å². The fourth-order valence-corrected chi connectivity index (χ4v) is 3.57. The monoisotopic (exact) mass is 259 g/mol. The maximum atomic E-state index is 11.4. The average molecular weight is 259 g/mol. The Kier molecular flexibility index (Phi) is 3.56. The minimum absolute atomic E-state index is 0.0735. The lowest BCUT2D eigenvalue weighted by Crippen LogP contribution is -2.47. The maximum Gasteiger partial charge on any atom is 0.217 e. The molecule has 2 aliphatic rings. The van der Waals surface area contributed by atoms with E-state index in [-0.39, 0.29) is 18.1 Å². The van der Waals surface area contributed by atoms with Gasteiger partial charge in [0, 0.05) is 18.9 Å². The Morgan fingerprint density at radius 1 is 1.26 bits per heavy atom. The molecule has 1 N–H and O–H groups in total. The summed E-state index contributed by atoms with van der Waals surface area (Å²) in [5, 5.41) is 3.13. The van der Waals surface area contributed by atoms with Gasteiger partial charge >= 0.3 is 0 Å². The predicted molar refractivity (Wildman–Crippen MR) is 73.6 cm³/mol. The average Bonchev–Trinajstić information content (AvgIpc) is 2.87. The van der Waals surface area contributed by atoms with E-state index < -0.39 is 0 Å². The molecule has 1 saturated heterocycles. The Balaban J connectivity index is 1.79. The second kappa shape index (κ2) is 5.33. The zero-order chi connectivity index (χ0) is 13.2. The van der Waals surface area contributed by atoms with E-state index in [1.54, 1.807) is 6.92 Å². The molecule has 1 aliphatic carbocycles. The van der Waals surface area contributed by atoms with Crippen molar-refractivity contribution in [3.8, 4) is 0 Å². The summed E-state index contributed by atoms with van der Waals surface area (Å²) in [6, 6.07) is 10.6. The third-order valence-electron chi connectivity index (χ3n) is 4.39. The summed E-state index contributed by atoms with van der Waals surface area (Å²) in [6.07, 6.45) is 4.85. The van der Waals surface area contributed by atoms with E-state index in [9.17, 15) is 4.79 Å². The van der Waals surface area contributed by atoms with E-state index in [0.717, 1.165) is 12.8 Å². The first-order valence-corrected chi connectivity index (χ1v) is 7.21. The Morgan fingerprint density at radius 2 is 2.05 bits per heavy atom. The molecule has 0 aromatic heterocycles. The van der Waals surface area contributed by atoms with Gasteiger partial charge in [-0.15, -0.1) is 0 Å². The van der Waals surface area contributed by atoms with Gasteiger partial charge in [0.25, 0.3) is 0 Å². The van der Waals surface area contributed by atoms with Gasteiger partial charge in [0.1, 0.15) is 0 Å². The van der Waals surface area contributed by atoms with Crippen molar-refractivity contribution in [2.75, 3.05) is 0 Å². The van der Waals surface area contributed by atoms with Crippen molar-refractivity contribution in [1.82, 2.24) is 5.32 Å². The molecule has 3 rings (SSSR count). The molecule has 3 heteroatoms. The van der Waals surface area contributed by atoms with Crippen LogP contribution in [-0.4, -0.2) is 18.1 Å². The molecule has 0 spiro atoms. The highest BCUT2D eigenvalue weighted by molar-refractivity contribution is 5.73. The largest absolute Gasteiger partial charge is 0.370 e. The molecule has 4 atom stereocenters. The first-order chi connectivity index (χ1) is 9.24. The summed E-state index contributed by atoms with van der Waals surface area (Å²) in [7, 11) is 0. The van der Waals surface area contributed by atoms with E-state index in [4.69, 9.17) is 4.74 Å². The van der Waals surface area contributed by atoms with E-state index in [1.807, 2.05) is 18.2 Å². The smallest absolute Gasteiger partial charge is 0.217 e. The van der Waals surface area contributed by atoms with Crippen LogP contribution in [0.15, 0.2) is 30.3 Å². The van der Waals surface area contributed by atoms with Gasteiger partial charge in [-0.25, -0.2) is 0 Å². The number of fused-ring (bicyclic) bond motifs is 1. The molecule has 0 bridgehead atoms. The molecule has 1 aromatic carbocycles. The highest BCUT2D eigenvalue weighted by Crippen LogP contribution is 2.42. The van der Waals surface area contributed by atoms with Crippen LogP contribution in [-0.2, 0) is 9.53 Å². The van der Waals surface area contributed by atoms with E-state index in [1.165, 1.54) is 18.4 Å². The van der Waals surface area contributed by atoms with Gasteiger partial charge in [-0.1, -0.05) is 36.8 Å². The molecule has 1 aromatic rings. The first kappa shape index (κ1) is 12.7. The van der Waals surface area contributed by atoms with Crippen molar-refractivity contribution in [2.45, 2.75) is 50.9 Å². The standard InChI is InChI=1S/C16H21NO2/c1-11(18)17-14-10-16(12-6-3-2-4-7-12)19-15-9-5-8-13(14)15/h2-4,6-7,13-16H,5,8-10H2,1H3,(H,17,18)/t13-,14+,15+,16+/m1/s1. The van der Waals surface area contributed by atoms with Crippen LogP contribution in [0.4, 0.5) is 0 Å². The summed E-state index contributed by atoms with van der Waals surface area (Å²) < 4.78 is 6.26. The molecule has 1 heterocycles. The molecule has 2 fully saturated rings. The van der Waals surface area contributed by atoms with Crippen molar-refractivity contribution in [1.29, 1.82) is 0 Å². The molecule has 3 nitrogen and oxygen atoms in total. The Labute approximate surface area is 114 Å². The molecular formula is C16H21NO2. The topological polar surface area (TPSA) is 38.3 Å². The van der Waals surface area contributed by atoms with Crippen LogP contribution in [0.5, 0.6) is 0 Å². The van der Waals surface area contributed by atoms with Crippen molar-refractivity contribution in [3.63, 3.8) is 0 Å². The zero-order valence-electron chi connectivity index (χ0n) is 11.3. The lowest BCUT2D eigenvalue weighted by molar-refractivity contribution is -0.124. The number of ether oxygens (including phenoxy) is 1. The Bertz CT molecular complexity index is 445. The number of carbonyl (C=O) groups is 1. The van der Waals surface area contributed by atoms with Crippen LogP contribution >= 0.6 is 0 Å². The summed E-state index contributed by atoms with van der Waals surface area (Å²) in [4.78, 5) is 11.4. The minimum atomic E-state index is 0.0735. The number of rotatable bonds is 2. The van der Waals surface area contributed by atoms with Gasteiger partial charge in [0.2, 0.25) is 5.91 Å². The maximum absolute atomic E-state index is 11.4. The SMILES string of the molecule is CC(=O)N[C@H]1C[C@@H](c2ccccc2)O[C@H]2CCC[C@H]12. The minimum Gasteiger partial charge on any atom is -0.370 e. The van der Waals surface area contributed by atoms with Crippen LogP contribution < -0.4 is 5.32 Å². The van der Waals surface area contributed by atoms with Gasteiger partial charge < -0.3 is 10.1 Å². The molecule has 0 unspecified atom stereocenters. The Morgan fingerprint density at radius 3 is 2.79 bits per heavy atom. The molecule has 0 radical (unpaired) electrons. The van der Waals surface area contributed by atoms with E-state index in [0.29, 0.717) is 12.0 Å². The van der Waals surface area contributed by atoms with E-state index in [2.05, 4.69) is 17.4 Å². The second-order valence-corrected chi connectivity index (χ2v) is 5.71. The highest BCUT2D eigenvalue weighted by Gasteiger charge is 2.41. The number of amides is 1. The lowest BCUT2D eigenvalue weighted by atomic mass is 9.86. The molecule has 1 saturated carbocycles. The predicted octanol–water partition coefficient (Wildman–Crippen LogP) is 2.82. The number of hydrogen-bond donors (Lipinski definition) is 1. The molecule has 19 heavy (non-hydrogen) atoms. The fraction of sp³-hybridized carbons (Fsp3) is 0.562. The number of hydrogen-bond acceptors (Lipinski definition) is 2. The second-order valence-electron chi connectivity index (χ2n) is 5.71. The van der Waals surface area contributed by atoms with Gasteiger partial charge in [-0.2, -0.15) is 0 Å². The molecule has 102 valence electrons. The molecule has 1 aliphatic heterocycles. The summed E-state index contributed by atoms with van der Waals surface area (Å²) in [6.45, 7) is 1.61. The number of carbonyl (C=O) groups excluding carboxylic acids is 1. The van der Waals surface area contributed by atoms with Crippen molar-refractivity contribution < 1.29 is 9.53 Å². The first-order valence-electron chi connectivity index (χ1n) is 7.21. The molecular weight excluding hydrogens is 238 g/mol. The van der Waals surface area contributed by atoms with Crippen LogP contribution in [0.2, 0.25) is 0 Å². The van der Waals surface area contributed by atoms with Gasteiger partial charge in [-0.3, -0.25) is 4.79 Å². The number of benzene rings is 1. The third-order valence-corrected chi connectivity index (χ3v) is 4.39. The van der Waals surface area contributed by atoms with Crippen molar-refractivity contribution in [3.05, 3.63) is 35.9 Å². The normalized spacial score (nSPS) is 33.7. The summed E-state index contributed by atoms with van der Waals surface area (Å²) in [5.74, 6) is 0.577. The van der Waals surface area contributed by atoms with Crippen LogP contribution in [0.3, 0.4) is 0 Å². The van der Waals surface area contributed by atoms with Crippen LogP contribution in [0.1, 0.15) is 44.3 Å². The summed E-state index contributed by atoms with van der Waals surface area (Å²) in [5.41, 5.74) is 1.23. The fourth-order valence-electron chi connectivity index (χ4n) is 3.57. The lowest BCUT2D eigenvalue weighted by Gasteiger charge is -2.39. The summed E-state index contributed by atoms with van der Waals surface area (Å²) >= 11 is 0. The molecule has 1 amide bonds. The highest BCUT2D eigenvalue weighted by atomic mass is 16.5. The van der Waals surface area contributed by atoms with Crippen molar-refractivity contribution >= 4 is 5.91 Å². The van der Waals surface area contributed by atoms with Crippen LogP contribution in [0, 0.1) is 5.92 Å². The van der Waals surface area contributed by atoms with E-state index >= 15 is 0 Å².